The highest BCUT2D eigenvalue weighted by atomic mass is 35.5. The van der Waals surface area contributed by atoms with Gasteiger partial charge in [0.2, 0.25) is 0 Å². The van der Waals surface area contributed by atoms with Gasteiger partial charge in [0.1, 0.15) is 5.56 Å². The summed E-state index contributed by atoms with van der Waals surface area (Å²) in [6, 6.07) is 7.43. The lowest BCUT2D eigenvalue weighted by molar-refractivity contribution is 0.0515. The summed E-state index contributed by atoms with van der Waals surface area (Å²) in [5.74, 6) is -0.379. The molecule has 2 aromatic rings. The van der Waals surface area contributed by atoms with Gasteiger partial charge in [0.15, 0.2) is 0 Å². The van der Waals surface area contributed by atoms with Crippen LogP contribution in [0.3, 0.4) is 0 Å². The number of nitrogens with zero attached hydrogens (tertiary/aromatic N) is 2. The van der Waals surface area contributed by atoms with Crippen molar-refractivity contribution >= 4 is 17.6 Å². The number of halogens is 1. The zero-order valence-electron chi connectivity index (χ0n) is 12.0. The first kappa shape index (κ1) is 15.5. The Labute approximate surface area is 128 Å². The summed E-state index contributed by atoms with van der Waals surface area (Å²) in [6.45, 7) is 2.82. The fourth-order valence-electron chi connectivity index (χ4n) is 1.86. The van der Waals surface area contributed by atoms with Crippen molar-refractivity contribution in [3.05, 3.63) is 52.3 Å². The molecule has 6 heteroatoms. The van der Waals surface area contributed by atoms with E-state index < -0.39 is 0 Å². The molecule has 0 aliphatic heterocycles. The van der Waals surface area contributed by atoms with Crippen LogP contribution in [0.15, 0.2) is 30.5 Å². The summed E-state index contributed by atoms with van der Waals surface area (Å²) in [5.41, 5.74) is 2.15. The summed E-state index contributed by atoms with van der Waals surface area (Å²) in [4.78, 5) is 11.8. The third-order valence-corrected chi connectivity index (χ3v) is 3.23. The van der Waals surface area contributed by atoms with Gasteiger partial charge in [-0.3, -0.25) is 4.68 Å². The van der Waals surface area contributed by atoms with Gasteiger partial charge in [-0.05, 0) is 24.6 Å². The predicted octanol–water partition coefficient (Wildman–Crippen LogP) is 2.97. The number of hydrogen-bond acceptors (Lipinski definition) is 4. The molecule has 1 heterocycles. The monoisotopic (exact) mass is 308 g/mol. The second-order valence-electron chi connectivity index (χ2n) is 4.47. The minimum absolute atomic E-state index is 0.285. The summed E-state index contributed by atoms with van der Waals surface area (Å²) < 4.78 is 12.3. The molecule has 0 fully saturated rings. The Hall–Kier alpha value is -1.85. The largest absolute Gasteiger partial charge is 0.462 e. The van der Waals surface area contributed by atoms with Gasteiger partial charge in [0.05, 0.1) is 31.7 Å². The Bertz CT molecular complexity index is 608. The number of hydrogen-bond donors (Lipinski definition) is 0. The number of aromatic nitrogens is 2. The predicted molar refractivity (Wildman–Crippen MR) is 79.1 cm³/mol. The van der Waals surface area contributed by atoms with Gasteiger partial charge in [-0.25, -0.2) is 4.79 Å². The van der Waals surface area contributed by atoms with Gasteiger partial charge >= 0.3 is 5.97 Å². The van der Waals surface area contributed by atoms with Crippen molar-refractivity contribution in [1.82, 2.24) is 9.78 Å². The molecule has 0 aliphatic rings. The maximum Gasteiger partial charge on any atom is 0.341 e. The van der Waals surface area contributed by atoms with E-state index >= 15 is 0 Å². The second-order valence-corrected chi connectivity index (χ2v) is 4.90. The van der Waals surface area contributed by atoms with Crippen molar-refractivity contribution < 1.29 is 14.3 Å². The lowest BCUT2D eigenvalue weighted by Crippen LogP contribution is -2.10. The topological polar surface area (TPSA) is 53.3 Å². The van der Waals surface area contributed by atoms with Crippen molar-refractivity contribution in [2.45, 2.75) is 20.1 Å². The maximum absolute atomic E-state index is 11.8. The zero-order chi connectivity index (χ0) is 15.2. The highest BCUT2D eigenvalue weighted by molar-refractivity contribution is 6.30. The van der Waals surface area contributed by atoms with Crippen molar-refractivity contribution in [2.75, 3.05) is 6.61 Å². The van der Waals surface area contributed by atoms with E-state index in [2.05, 4.69) is 5.10 Å². The number of aryl methyl sites for hydroxylation is 1. The molecule has 1 aromatic carbocycles. The molecule has 0 unspecified atom stereocenters. The molecule has 0 amide bonds. The van der Waals surface area contributed by atoms with Crippen LogP contribution in [-0.2, 0) is 29.7 Å². The van der Waals surface area contributed by atoms with Crippen molar-refractivity contribution in [1.29, 1.82) is 0 Å². The maximum atomic E-state index is 11.8. The van der Waals surface area contributed by atoms with E-state index in [1.807, 2.05) is 24.3 Å². The Morgan fingerprint density at radius 3 is 2.67 bits per heavy atom. The van der Waals surface area contributed by atoms with Crippen molar-refractivity contribution in [3.63, 3.8) is 0 Å². The third kappa shape index (κ3) is 4.06. The Balaban J connectivity index is 1.98. The zero-order valence-corrected chi connectivity index (χ0v) is 12.8. The molecular weight excluding hydrogens is 292 g/mol. The number of benzene rings is 1. The molecule has 5 nitrogen and oxygen atoms in total. The van der Waals surface area contributed by atoms with Crippen LogP contribution in [0.25, 0.3) is 0 Å². The van der Waals surface area contributed by atoms with E-state index in [-0.39, 0.29) is 12.6 Å². The van der Waals surface area contributed by atoms with Gasteiger partial charge in [0.25, 0.3) is 0 Å². The lowest BCUT2D eigenvalue weighted by Gasteiger charge is -2.07. The minimum atomic E-state index is -0.379. The first-order valence-electron chi connectivity index (χ1n) is 6.62. The Morgan fingerprint density at radius 2 is 2.00 bits per heavy atom. The molecule has 0 aliphatic carbocycles. The molecule has 112 valence electrons. The molecular formula is C15H17ClN2O3. The van der Waals surface area contributed by atoms with E-state index in [9.17, 15) is 4.79 Å². The van der Waals surface area contributed by atoms with Crippen LogP contribution in [0.1, 0.15) is 28.5 Å². The van der Waals surface area contributed by atoms with Crippen LogP contribution in [-0.4, -0.2) is 22.4 Å². The van der Waals surface area contributed by atoms with E-state index in [1.54, 1.807) is 18.7 Å². The average molecular weight is 309 g/mol. The van der Waals surface area contributed by atoms with Crippen LogP contribution in [0, 0.1) is 0 Å². The number of rotatable bonds is 6. The fourth-order valence-corrected chi connectivity index (χ4v) is 1.99. The van der Waals surface area contributed by atoms with E-state index in [0.717, 1.165) is 5.56 Å². The molecule has 21 heavy (non-hydrogen) atoms. The third-order valence-electron chi connectivity index (χ3n) is 2.98. The van der Waals surface area contributed by atoms with Crippen LogP contribution >= 0.6 is 11.6 Å². The van der Waals surface area contributed by atoms with Gasteiger partial charge < -0.3 is 9.47 Å². The summed E-state index contributed by atoms with van der Waals surface area (Å²) in [5, 5.41) is 4.77. The minimum Gasteiger partial charge on any atom is -0.462 e. The van der Waals surface area contributed by atoms with E-state index in [1.165, 1.54) is 6.20 Å². The van der Waals surface area contributed by atoms with Crippen LogP contribution in [0.5, 0.6) is 0 Å². The summed E-state index contributed by atoms with van der Waals surface area (Å²) in [7, 11) is 1.77. The molecule has 0 saturated carbocycles. The molecule has 0 N–H and O–H groups in total. The number of carbonyl (C=O) groups is 1. The van der Waals surface area contributed by atoms with E-state index in [0.29, 0.717) is 29.5 Å². The summed E-state index contributed by atoms with van der Waals surface area (Å²) in [6.07, 6.45) is 1.50. The Kier molecular flexibility index (Phi) is 5.36. The van der Waals surface area contributed by atoms with Gasteiger partial charge in [0, 0.05) is 12.1 Å². The average Bonchev–Trinajstić information content (AvgIpc) is 2.83. The van der Waals surface area contributed by atoms with Crippen LogP contribution in [0.2, 0.25) is 5.02 Å². The normalized spacial score (nSPS) is 10.6. The lowest BCUT2D eigenvalue weighted by atomic mass is 10.2. The quantitative estimate of drug-likeness (QED) is 0.770. The molecule has 0 bridgehead atoms. The number of esters is 1. The molecule has 1 aromatic heterocycles. The second kappa shape index (κ2) is 7.24. The van der Waals surface area contributed by atoms with Gasteiger partial charge in [-0.2, -0.15) is 5.10 Å². The molecule has 2 rings (SSSR count). The fraction of sp³-hybridized carbons (Fsp3) is 0.333. The first-order chi connectivity index (χ1) is 10.1. The van der Waals surface area contributed by atoms with Crippen LogP contribution < -0.4 is 0 Å². The molecule has 0 radical (unpaired) electrons. The van der Waals surface area contributed by atoms with Gasteiger partial charge in [-0.15, -0.1) is 0 Å². The van der Waals surface area contributed by atoms with Gasteiger partial charge in [-0.1, -0.05) is 23.7 Å². The molecule has 0 saturated heterocycles. The van der Waals surface area contributed by atoms with E-state index in [4.69, 9.17) is 21.1 Å². The molecule has 0 spiro atoms. The van der Waals surface area contributed by atoms with Crippen LogP contribution in [0.4, 0.5) is 0 Å². The molecule has 0 atom stereocenters. The SMILES string of the molecule is CCOC(=O)c1cnn(C)c1COCc1ccc(Cl)cc1. The highest BCUT2D eigenvalue weighted by Crippen LogP contribution is 2.14. The standard InChI is InChI=1S/C15H17ClN2O3/c1-3-21-15(19)13-8-17-18(2)14(13)10-20-9-11-4-6-12(16)7-5-11/h4-8H,3,9-10H2,1-2H3. The highest BCUT2D eigenvalue weighted by Gasteiger charge is 2.17. The van der Waals surface area contributed by atoms with Crippen molar-refractivity contribution in [2.24, 2.45) is 7.05 Å². The first-order valence-corrected chi connectivity index (χ1v) is 6.99. The summed E-state index contributed by atoms with van der Waals surface area (Å²) >= 11 is 5.83. The number of ether oxygens (including phenoxy) is 2. The van der Waals surface area contributed by atoms with Crippen molar-refractivity contribution in [3.8, 4) is 0 Å². The number of carbonyl (C=O) groups excluding carboxylic acids is 1. The smallest absolute Gasteiger partial charge is 0.341 e. The Morgan fingerprint density at radius 1 is 1.29 bits per heavy atom.